The normalized spacial score (nSPS) is 17.6. The predicted molar refractivity (Wildman–Crippen MR) is 120 cm³/mol. The first-order chi connectivity index (χ1) is 15.3. The van der Waals surface area contributed by atoms with Crippen LogP contribution in [0.15, 0.2) is 66.7 Å². The molecule has 1 heterocycles. The largest absolute Gasteiger partial charge is 0.338 e. The van der Waals surface area contributed by atoms with Crippen LogP contribution >= 0.6 is 0 Å². The summed E-state index contributed by atoms with van der Waals surface area (Å²) in [6, 6.07) is 18.4. The Morgan fingerprint density at radius 2 is 1.53 bits per heavy atom. The van der Waals surface area contributed by atoms with Gasteiger partial charge in [-0.05, 0) is 48.2 Å². The molecule has 3 aromatic carbocycles. The van der Waals surface area contributed by atoms with E-state index in [4.69, 9.17) is 4.74 Å². The Morgan fingerprint density at radius 1 is 0.938 bits per heavy atom. The number of rotatable bonds is 1. The van der Waals surface area contributed by atoms with E-state index in [2.05, 4.69) is 17.5 Å². The van der Waals surface area contributed by atoms with E-state index in [9.17, 15) is 13.6 Å². The molecule has 2 amide bonds. The predicted octanol–water partition coefficient (Wildman–Crippen LogP) is 5.99. The Kier molecular flexibility index (Phi) is 4.64. The first kappa shape index (κ1) is 20.4. The van der Waals surface area contributed by atoms with Crippen molar-refractivity contribution in [3.63, 3.8) is 0 Å². The highest BCUT2D eigenvalue weighted by atomic mass is 19.1. The molecule has 1 aliphatic heterocycles. The van der Waals surface area contributed by atoms with Gasteiger partial charge in [0, 0.05) is 6.07 Å². The first-order valence-electron chi connectivity index (χ1n) is 10.4. The molecule has 32 heavy (non-hydrogen) atoms. The molecule has 2 aliphatic rings. The van der Waals surface area contributed by atoms with Crippen molar-refractivity contribution in [2.75, 3.05) is 11.9 Å². The fourth-order valence-corrected chi connectivity index (χ4v) is 4.64. The minimum absolute atomic E-state index is 0.0866. The lowest BCUT2D eigenvalue weighted by atomic mass is 9.83. The Morgan fingerprint density at radius 3 is 2.12 bits per heavy atom. The smallest absolute Gasteiger partial charge is 0.324 e. The summed E-state index contributed by atoms with van der Waals surface area (Å²) >= 11 is 0. The Balaban J connectivity index is 1.59. The number of fused-ring (bicyclic) bond motifs is 4. The van der Waals surface area contributed by atoms with E-state index in [1.165, 1.54) is 6.07 Å². The number of nitrogens with one attached hydrogen (secondary N) is 1. The highest BCUT2D eigenvalue weighted by Gasteiger charge is 2.55. The number of hydrogen-bond acceptors (Lipinski definition) is 2. The number of benzene rings is 3. The van der Waals surface area contributed by atoms with Crippen LogP contribution in [0.3, 0.4) is 0 Å². The van der Waals surface area contributed by atoms with Crippen molar-refractivity contribution in [3.05, 3.63) is 101 Å². The molecule has 0 saturated carbocycles. The van der Waals surface area contributed by atoms with E-state index in [1.54, 1.807) is 4.90 Å². The van der Waals surface area contributed by atoms with Gasteiger partial charge in [-0.15, -0.1) is 0 Å². The van der Waals surface area contributed by atoms with Crippen molar-refractivity contribution in [2.24, 2.45) is 0 Å². The average Bonchev–Trinajstić information content (AvgIpc) is 2.99. The number of nitrogens with zero attached hydrogens (tertiary/aromatic N) is 1. The summed E-state index contributed by atoms with van der Waals surface area (Å²) in [4.78, 5) is 14.8. The molecule has 5 rings (SSSR count). The lowest BCUT2D eigenvalue weighted by Crippen LogP contribution is -2.46. The number of hydrogen-bond donors (Lipinski definition) is 1. The van der Waals surface area contributed by atoms with Gasteiger partial charge in [-0.2, -0.15) is 0 Å². The number of carbonyl (C=O) groups excluding carboxylic acids is 1. The van der Waals surface area contributed by atoms with Crippen LogP contribution in [-0.2, 0) is 10.3 Å². The third-order valence-electron chi connectivity index (χ3n) is 6.11. The van der Waals surface area contributed by atoms with Gasteiger partial charge in [0.25, 0.3) is 0 Å². The molecule has 1 N–H and O–H groups in total. The molecule has 6 heteroatoms. The molecule has 0 atom stereocenters. The average molecular weight is 432 g/mol. The molecule has 0 aromatic heterocycles. The van der Waals surface area contributed by atoms with Gasteiger partial charge in [0.15, 0.2) is 0 Å². The Labute approximate surface area is 185 Å². The van der Waals surface area contributed by atoms with Crippen LogP contribution in [0.5, 0.6) is 0 Å². The maximum absolute atomic E-state index is 14.2. The van der Waals surface area contributed by atoms with Crippen molar-refractivity contribution < 1.29 is 18.3 Å². The zero-order valence-corrected chi connectivity index (χ0v) is 17.7. The summed E-state index contributed by atoms with van der Waals surface area (Å²) in [5, 5.41) is 2.57. The second-order valence-corrected chi connectivity index (χ2v) is 8.52. The lowest BCUT2D eigenvalue weighted by molar-refractivity contribution is -0.0936. The molecule has 1 fully saturated rings. The van der Waals surface area contributed by atoms with Gasteiger partial charge < -0.3 is 10.1 Å². The van der Waals surface area contributed by atoms with Crippen LogP contribution in [-0.4, -0.2) is 23.2 Å². The van der Waals surface area contributed by atoms with Crippen LogP contribution < -0.4 is 5.32 Å². The fourth-order valence-electron chi connectivity index (χ4n) is 4.64. The number of halogens is 2. The summed E-state index contributed by atoms with van der Waals surface area (Å²) in [7, 11) is 0. The van der Waals surface area contributed by atoms with Gasteiger partial charge in [-0.25, -0.2) is 13.6 Å². The van der Waals surface area contributed by atoms with Crippen molar-refractivity contribution in [2.45, 2.75) is 25.2 Å². The minimum atomic E-state index is -0.995. The summed E-state index contributed by atoms with van der Waals surface area (Å²) in [5.74, 6) is -1.54. The quantitative estimate of drug-likeness (QED) is 0.513. The standard InChI is InChI=1S/C26H22F2N2O2/c1-25(2)30(24(31)29-23-14-13-19(27)15-22(23)28)16-26(32-25)20-9-5-3-7-17(20)11-12-18-8-4-6-10-21(18)26/h3-15H,16H2,1-2H3,(H,29,31). The van der Waals surface area contributed by atoms with E-state index < -0.39 is 29.0 Å². The maximum Gasteiger partial charge on any atom is 0.324 e. The zero-order chi connectivity index (χ0) is 22.5. The first-order valence-corrected chi connectivity index (χ1v) is 10.4. The molecule has 0 bridgehead atoms. The Hall–Kier alpha value is -3.51. The summed E-state index contributed by atoms with van der Waals surface area (Å²) in [6.07, 6.45) is 4.10. The highest BCUT2D eigenvalue weighted by Crippen LogP contribution is 2.49. The van der Waals surface area contributed by atoms with Crippen molar-refractivity contribution in [1.82, 2.24) is 4.90 Å². The van der Waals surface area contributed by atoms with Crippen LogP contribution in [0.25, 0.3) is 12.2 Å². The molecular weight excluding hydrogens is 410 g/mol. The molecule has 4 nitrogen and oxygen atoms in total. The van der Waals surface area contributed by atoms with Crippen molar-refractivity contribution >= 4 is 23.9 Å². The van der Waals surface area contributed by atoms with E-state index >= 15 is 0 Å². The van der Waals surface area contributed by atoms with Gasteiger partial charge in [-0.1, -0.05) is 60.7 Å². The third kappa shape index (κ3) is 3.19. The number of ether oxygens (including phenoxy) is 1. The minimum Gasteiger partial charge on any atom is -0.338 e. The van der Waals surface area contributed by atoms with E-state index in [-0.39, 0.29) is 12.2 Å². The van der Waals surface area contributed by atoms with E-state index in [1.807, 2.05) is 62.4 Å². The number of carbonyl (C=O) groups is 1. The van der Waals surface area contributed by atoms with Gasteiger partial charge >= 0.3 is 6.03 Å². The molecule has 1 saturated heterocycles. The lowest BCUT2D eigenvalue weighted by Gasteiger charge is -2.32. The monoisotopic (exact) mass is 432 g/mol. The Bertz CT molecular complexity index is 1200. The van der Waals surface area contributed by atoms with Crippen LogP contribution in [0.4, 0.5) is 19.3 Å². The third-order valence-corrected chi connectivity index (χ3v) is 6.11. The number of urea groups is 1. The number of anilines is 1. The van der Waals surface area contributed by atoms with Crippen LogP contribution in [0.1, 0.15) is 36.1 Å². The number of amides is 2. The van der Waals surface area contributed by atoms with Gasteiger partial charge in [0.2, 0.25) is 0 Å². The maximum atomic E-state index is 14.2. The van der Waals surface area contributed by atoms with Crippen molar-refractivity contribution in [1.29, 1.82) is 0 Å². The topological polar surface area (TPSA) is 41.6 Å². The van der Waals surface area contributed by atoms with Crippen LogP contribution in [0, 0.1) is 11.6 Å². The molecule has 0 unspecified atom stereocenters. The molecule has 1 aliphatic carbocycles. The van der Waals surface area contributed by atoms with Crippen molar-refractivity contribution in [3.8, 4) is 0 Å². The van der Waals surface area contributed by atoms with E-state index in [0.29, 0.717) is 0 Å². The second-order valence-electron chi connectivity index (χ2n) is 8.52. The van der Waals surface area contributed by atoms with Gasteiger partial charge in [0.1, 0.15) is 23.0 Å². The van der Waals surface area contributed by atoms with E-state index in [0.717, 1.165) is 34.4 Å². The zero-order valence-electron chi connectivity index (χ0n) is 17.7. The molecule has 3 aromatic rings. The second kappa shape index (κ2) is 7.28. The highest BCUT2D eigenvalue weighted by molar-refractivity contribution is 5.90. The molecule has 0 radical (unpaired) electrons. The van der Waals surface area contributed by atoms with Gasteiger partial charge in [0.05, 0.1) is 12.2 Å². The van der Waals surface area contributed by atoms with Gasteiger partial charge in [-0.3, -0.25) is 4.90 Å². The fraction of sp³-hybridized carbons (Fsp3) is 0.192. The van der Waals surface area contributed by atoms with Crippen LogP contribution in [0.2, 0.25) is 0 Å². The summed E-state index contributed by atoms with van der Waals surface area (Å²) in [6.45, 7) is 3.85. The molecule has 1 spiro atoms. The SMILES string of the molecule is CC1(C)OC2(CN1C(=O)Nc1ccc(F)cc1F)c1ccccc1C=Cc1ccccc12. The summed E-state index contributed by atoms with van der Waals surface area (Å²) < 4.78 is 34.2. The molecule has 162 valence electrons. The molecular formula is C26H22F2N2O2. The summed E-state index contributed by atoms with van der Waals surface area (Å²) in [5.41, 5.74) is 1.94.